The number of ether oxygens (including phenoxy) is 1. The summed E-state index contributed by atoms with van der Waals surface area (Å²) >= 11 is 13.6. The van der Waals surface area contributed by atoms with Crippen LogP contribution in [-0.2, 0) is 11.3 Å². The number of hydrogen-bond donors (Lipinski definition) is 0. The third-order valence-corrected chi connectivity index (χ3v) is 7.46. The topological polar surface area (TPSA) is 35.0 Å². The zero-order valence-electron chi connectivity index (χ0n) is 10.9. The van der Waals surface area contributed by atoms with Gasteiger partial charge in [-0.3, -0.25) is 0 Å². The fourth-order valence-electron chi connectivity index (χ4n) is 1.98. The Hall–Kier alpha value is 0.510. The molecule has 7 heteroatoms. The van der Waals surface area contributed by atoms with Crippen molar-refractivity contribution in [2.45, 2.75) is 30.5 Å². The van der Waals surface area contributed by atoms with Crippen LogP contribution in [0.2, 0.25) is 5.15 Å². The lowest BCUT2D eigenvalue weighted by Crippen LogP contribution is -2.21. The van der Waals surface area contributed by atoms with Crippen molar-refractivity contribution in [3.8, 4) is 0 Å². The van der Waals surface area contributed by atoms with Crippen molar-refractivity contribution < 1.29 is 4.74 Å². The van der Waals surface area contributed by atoms with Crippen LogP contribution in [0, 0.1) is 0 Å². The highest BCUT2D eigenvalue weighted by Crippen LogP contribution is 2.43. The summed E-state index contributed by atoms with van der Waals surface area (Å²) in [5, 5.41) is 1.36. The van der Waals surface area contributed by atoms with Crippen LogP contribution in [0.15, 0.2) is 4.47 Å². The predicted octanol–water partition coefficient (Wildman–Crippen LogP) is 4.34. The molecule has 0 saturated carbocycles. The molecule has 0 aliphatic carbocycles. The van der Waals surface area contributed by atoms with Gasteiger partial charge in [0.2, 0.25) is 0 Å². The van der Waals surface area contributed by atoms with Crippen LogP contribution >= 0.6 is 51.1 Å². The van der Waals surface area contributed by atoms with Gasteiger partial charge in [-0.05, 0) is 22.4 Å². The van der Waals surface area contributed by atoms with E-state index in [4.69, 9.17) is 16.3 Å². The minimum Gasteiger partial charge on any atom is -0.378 e. The van der Waals surface area contributed by atoms with Crippen LogP contribution in [-0.4, -0.2) is 33.8 Å². The first-order valence-electron chi connectivity index (χ1n) is 6.11. The summed E-state index contributed by atoms with van der Waals surface area (Å²) in [6, 6.07) is 0. The maximum atomic E-state index is 6.20. The first-order valence-corrected chi connectivity index (χ1v) is 9.38. The number of thioether (sulfide) groups is 2. The molecule has 1 saturated heterocycles. The van der Waals surface area contributed by atoms with Crippen molar-refractivity contribution in [2.24, 2.45) is 0 Å². The molecule has 2 unspecified atom stereocenters. The fourth-order valence-corrected chi connectivity index (χ4v) is 5.46. The molecular weight excluding hydrogens is 368 g/mol. The second-order valence-corrected chi connectivity index (χ2v) is 7.92. The van der Waals surface area contributed by atoms with E-state index >= 15 is 0 Å². The van der Waals surface area contributed by atoms with Gasteiger partial charge in [-0.15, -0.1) is 11.8 Å². The normalized spacial score (nSPS) is 23.6. The Balaban J connectivity index is 2.32. The minimum absolute atomic E-state index is 0.324. The molecule has 1 aliphatic heterocycles. The number of nitrogens with zero attached hydrogens (tertiary/aromatic N) is 2. The van der Waals surface area contributed by atoms with Crippen LogP contribution in [0.1, 0.15) is 30.1 Å². The SMILES string of the molecule is CCC1SCCSC1c1nc(Cl)c(Br)c(COC)n1. The Labute approximate surface area is 135 Å². The summed E-state index contributed by atoms with van der Waals surface area (Å²) in [5.74, 6) is 3.18. The Morgan fingerprint density at radius 3 is 2.79 bits per heavy atom. The molecule has 2 atom stereocenters. The summed E-state index contributed by atoms with van der Waals surface area (Å²) in [5.41, 5.74) is 0.823. The Kier molecular flexibility index (Phi) is 6.27. The molecule has 106 valence electrons. The highest BCUT2D eigenvalue weighted by molar-refractivity contribution is 9.10. The zero-order chi connectivity index (χ0) is 13.8. The largest absolute Gasteiger partial charge is 0.378 e. The smallest absolute Gasteiger partial charge is 0.147 e. The third-order valence-electron chi connectivity index (χ3n) is 2.88. The summed E-state index contributed by atoms with van der Waals surface area (Å²) in [6.45, 7) is 2.66. The second kappa shape index (κ2) is 7.50. The first-order chi connectivity index (χ1) is 9.17. The molecule has 1 aliphatic rings. The number of halogens is 2. The van der Waals surface area contributed by atoms with Gasteiger partial charge in [0.25, 0.3) is 0 Å². The van der Waals surface area contributed by atoms with E-state index in [0.29, 0.717) is 22.3 Å². The van der Waals surface area contributed by atoms with Crippen LogP contribution < -0.4 is 0 Å². The van der Waals surface area contributed by atoms with E-state index in [1.807, 2.05) is 23.5 Å². The van der Waals surface area contributed by atoms with E-state index in [1.54, 1.807) is 7.11 Å². The highest BCUT2D eigenvalue weighted by Gasteiger charge is 2.29. The molecule has 0 aromatic carbocycles. The molecule has 19 heavy (non-hydrogen) atoms. The Bertz CT molecular complexity index is 450. The molecule has 1 aromatic rings. The van der Waals surface area contributed by atoms with E-state index in [9.17, 15) is 0 Å². The monoisotopic (exact) mass is 382 g/mol. The van der Waals surface area contributed by atoms with Gasteiger partial charge in [-0.1, -0.05) is 18.5 Å². The van der Waals surface area contributed by atoms with Crippen molar-refractivity contribution >= 4 is 51.1 Å². The van der Waals surface area contributed by atoms with Gasteiger partial charge in [0, 0.05) is 23.9 Å². The fraction of sp³-hybridized carbons (Fsp3) is 0.667. The molecule has 0 bridgehead atoms. The molecular formula is C12H16BrClN2OS2. The Morgan fingerprint density at radius 2 is 2.11 bits per heavy atom. The molecule has 1 aromatic heterocycles. The number of methoxy groups -OCH3 is 1. The zero-order valence-corrected chi connectivity index (χ0v) is 14.8. The van der Waals surface area contributed by atoms with Gasteiger partial charge < -0.3 is 4.74 Å². The molecule has 1 fully saturated rings. The number of aromatic nitrogens is 2. The standard InChI is InChI=1S/C12H16BrClN2OS2/c1-3-8-10(19-5-4-18-8)12-15-7(6-17-2)9(13)11(14)16-12/h8,10H,3-6H2,1-2H3. The van der Waals surface area contributed by atoms with Gasteiger partial charge >= 0.3 is 0 Å². The lowest BCUT2D eigenvalue weighted by atomic mass is 10.2. The van der Waals surface area contributed by atoms with Gasteiger partial charge in [-0.25, -0.2) is 9.97 Å². The van der Waals surface area contributed by atoms with Crippen molar-refractivity contribution in [1.82, 2.24) is 9.97 Å². The molecule has 2 heterocycles. The first kappa shape index (κ1) is 15.9. The van der Waals surface area contributed by atoms with Gasteiger partial charge in [0.1, 0.15) is 11.0 Å². The number of hydrogen-bond acceptors (Lipinski definition) is 5. The molecule has 0 amide bonds. The van der Waals surface area contributed by atoms with Crippen LogP contribution in [0.3, 0.4) is 0 Å². The van der Waals surface area contributed by atoms with E-state index < -0.39 is 0 Å². The summed E-state index contributed by atoms with van der Waals surface area (Å²) in [4.78, 5) is 9.10. The molecule has 0 N–H and O–H groups in total. The molecule has 2 rings (SSSR count). The maximum absolute atomic E-state index is 6.20. The average molecular weight is 384 g/mol. The van der Waals surface area contributed by atoms with Crippen LogP contribution in [0.25, 0.3) is 0 Å². The molecule has 0 radical (unpaired) electrons. The average Bonchev–Trinajstić information content (AvgIpc) is 2.43. The van der Waals surface area contributed by atoms with E-state index in [0.717, 1.165) is 28.2 Å². The van der Waals surface area contributed by atoms with Gasteiger partial charge in [-0.2, -0.15) is 11.8 Å². The minimum atomic E-state index is 0.324. The van der Waals surface area contributed by atoms with Crippen molar-refractivity contribution in [3.63, 3.8) is 0 Å². The van der Waals surface area contributed by atoms with Crippen LogP contribution in [0.4, 0.5) is 0 Å². The summed E-state index contributed by atoms with van der Waals surface area (Å²) < 4.78 is 5.91. The Morgan fingerprint density at radius 1 is 1.37 bits per heavy atom. The van der Waals surface area contributed by atoms with Gasteiger partial charge in [0.15, 0.2) is 0 Å². The van der Waals surface area contributed by atoms with Gasteiger partial charge in [0.05, 0.1) is 22.0 Å². The molecule has 3 nitrogen and oxygen atoms in total. The summed E-state index contributed by atoms with van der Waals surface area (Å²) in [7, 11) is 1.65. The maximum Gasteiger partial charge on any atom is 0.147 e. The van der Waals surface area contributed by atoms with Crippen molar-refractivity contribution in [2.75, 3.05) is 18.6 Å². The van der Waals surface area contributed by atoms with Crippen molar-refractivity contribution in [1.29, 1.82) is 0 Å². The lowest BCUT2D eigenvalue weighted by molar-refractivity contribution is 0.180. The number of rotatable bonds is 4. The highest BCUT2D eigenvalue weighted by atomic mass is 79.9. The second-order valence-electron chi connectivity index (χ2n) is 4.18. The summed E-state index contributed by atoms with van der Waals surface area (Å²) in [6.07, 6.45) is 1.12. The predicted molar refractivity (Wildman–Crippen MR) is 87.2 cm³/mol. The van der Waals surface area contributed by atoms with Crippen LogP contribution in [0.5, 0.6) is 0 Å². The molecule has 0 spiro atoms. The lowest BCUT2D eigenvalue weighted by Gasteiger charge is -2.29. The van der Waals surface area contributed by atoms with E-state index in [1.165, 1.54) is 5.75 Å². The van der Waals surface area contributed by atoms with E-state index in [-0.39, 0.29) is 0 Å². The third kappa shape index (κ3) is 3.79. The van der Waals surface area contributed by atoms with Crippen molar-refractivity contribution in [3.05, 3.63) is 21.1 Å². The van der Waals surface area contributed by atoms with E-state index in [2.05, 4.69) is 32.8 Å². The quantitative estimate of drug-likeness (QED) is 0.723.